The van der Waals surface area contributed by atoms with Gasteiger partial charge in [0.05, 0.1) is 0 Å². The Balaban J connectivity index is 4.18. The van der Waals surface area contributed by atoms with Crippen molar-refractivity contribution < 1.29 is 28.6 Å². The molecule has 6 heteroatoms. The molecule has 0 fully saturated rings. The number of esters is 3. The van der Waals surface area contributed by atoms with E-state index in [1.54, 1.807) is 0 Å². The fourth-order valence-corrected chi connectivity index (χ4v) is 8.52. The van der Waals surface area contributed by atoms with Crippen LogP contribution in [0, 0.1) is 11.8 Å². The smallest absolute Gasteiger partial charge is 0.306 e. The molecule has 0 heterocycles. The normalized spacial score (nSPS) is 12.0. The molecule has 0 aromatic heterocycles. The summed E-state index contributed by atoms with van der Waals surface area (Å²) in [5.41, 5.74) is 0. The Labute approximate surface area is 387 Å². The Morgan fingerprint density at radius 3 is 0.790 bits per heavy atom. The van der Waals surface area contributed by atoms with Gasteiger partial charge in [-0.2, -0.15) is 0 Å². The highest BCUT2D eigenvalue weighted by atomic mass is 16.6. The summed E-state index contributed by atoms with van der Waals surface area (Å²) in [6.45, 7) is 11.3. The van der Waals surface area contributed by atoms with Gasteiger partial charge < -0.3 is 14.2 Å². The van der Waals surface area contributed by atoms with Crippen LogP contribution in [0.15, 0.2) is 0 Å². The minimum absolute atomic E-state index is 0.0638. The first kappa shape index (κ1) is 60.4. The van der Waals surface area contributed by atoms with E-state index in [9.17, 15) is 14.4 Å². The second kappa shape index (κ2) is 48.9. The number of carbonyl (C=O) groups is 3. The summed E-state index contributed by atoms with van der Waals surface area (Å²) >= 11 is 0. The standard InChI is InChI=1S/C56H108O6/c1-6-7-8-9-10-11-12-13-21-25-28-31-38-43-48-56(59)62-53(50-61-55(58)47-42-37-33-32-35-40-45-52(4)5)49-60-54(57)46-41-36-30-27-24-22-19-17-15-14-16-18-20-23-26-29-34-39-44-51(2)3/h51-53H,6-50H2,1-5H3/t53-/m1/s1. The van der Waals surface area contributed by atoms with Gasteiger partial charge in [0, 0.05) is 19.3 Å². The van der Waals surface area contributed by atoms with E-state index in [1.807, 2.05) is 0 Å². The van der Waals surface area contributed by atoms with Crippen molar-refractivity contribution >= 4 is 17.9 Å². The average molecular weight is 877 g/mol. The summed E-state index contributed by atoms with van der Waals surface area (Å²) in [7, 11) is 0. The van der Waals surface area contributed by atoms with Crippen molar-refractivity contribution in [1.82, 2.24) is 0 Å². The van der Waals surface area contributed by atoms with E-state index in [1.165, 1.54) is 199 Å². The molecule has 0 rings (SSSR count). The SMILES string of the molecule is CCCCCCCCCCCCCCCCC(=O)O[C@H](COC(=O)CCCCCCCCCCCCCCCCCCCCC(C)C)COC(=O)CCCCCCCCC(C)C. The molecular weight excluding hydrogens is 769 g/mol. The van der Waals surface area contributed by atoms with Gasteiger partial charge >= 0.3 is 17.9 Å². The van der Waals surface area contributed by atoms with Crippen molar-refractivity contribution in [1.29, 1.82) is 0 Å². The molecule has 0 N–H and O–H groups in total. The third-order valence-electron chi connectivity index (χ3n) is 12.7. The van der Waals surface area contributed by atoms with E-state index in [0.29, 0.717) is 19.3 Å². The van der Waals surface area contributed by atoms with Crippen LogP contribution in [0.5, 0.6) is 0 Å². The molecule has 0 aromatic rings. The van der Waals surface area contributed by atoms with E-state index in [4.69, 9.17) is 14.2 Å². The Bertz CT molecular complexity index is 947. The zero-order valence-corrected chi connectivity index (χ0v) is 42.5. The quantitative estimate of drug-likeness (QED) is 0.0344. The fourth-order valence-electron chi connectivity index (χ4n) is 8.52. The predicted octanol–water partition coefficient (Wildman–Crippen LogP) is 18.1. The molecule has 62 heavy (non-hydrogen) atoms. The molecule has 0 saturated heterocycles. The lowest BCUT2D eigenvalue weighted by atomic mass is 10.0. The van der Waals surface area contributed by atoms with Crippen molar-refractivity contribution in [2.75, 3.05) is 13.2 Å². The van der Waals surface area contributed by atoms with Crippen molar-refractivity contribution in [3.05, 3.63) is 0 Å². The van der Waals surface area contributed by atoms with Crippen molar-refractivity contribution in [3.8, 4) is 0 Å². The zero-order valence-electron chi connectivity index (χ0n) is 42.5. The Hall–Kier alpha value is -1.59. The van der Waals surface area contributed by atoms with E-state index < -0.39 is 6.10 Å². The summed E-state index contributed by atoms with van der Waals surface area (Å²) < 4.78 is 16.8. The van der Waals surface area contributed by atoms with Gasteiger partial charge in [-0.25, -0.2) is 0 Å². The predicted molar refractivity (Wildman–Crippen MR) is 266 cm³/mol. The molecule has 0 aromatic carbocycles. The van der Waals surface area contributed by atoms with Gasteiger partial charge in [0.25, 0.3) is 0 Å². The molecule has 0 radical (unpaired) electrons. The lowest BCUT2D eigenvalue weighted by Gasteiger charge is -2.18. The first-order valence-electron chi connectivity index (χ1n) is 27.7. The molecule has 0 aliphatic rings. The van der Waals surface area contributed by atoms with Gasteiger partial charge in [-0.05, 0) is 31.1 Å². The average Bonchev–Trinajstić information content (AvgIpc) is 3.24. The molecule has 0 bridgehead atoms. The van der Waals surface area contributed by atoms with Crippen LogP contribution < -0.4 is 0 Å². The van der Waals surface area contributed by atoms with Gasteiger partial charge in [0.2, 0.25) is 0 Å². The van der Waals surface area contributed by atoms with Gasteiger partial charge in [-0.3, -0.25) is 14.4 Å². The maximum Gasteiger partial charge on any atom is 0.306 e. The second-order valence-electron chi connectivity index (χ2n) is 20.2. The monoisotopic (exact) mass is 877 g/mol. The van der Waals surface area contributed by atoms with E-state index in [0.717, 1.165) is 69.6 Å². The third-order valence-corrected chi connectivity index (χ3v) is 12.7. The lowest BCUT2D eigenvalue weighted by molar-refractivity contribution is -0.167. The first-order chi connectivity index (χ1) is 30.2. The number of carbonyl (C=O) groups excluding carboxylic acids is 3. The summed E-state index contributed by atoms with van der Waals surface area (Å²) in [5, 5.41) is 0. The van der Waals surface area contributed by atoms with Crippen LogP contribution in [0.3, 0.4) is 0 Å². The lowest BCUT2D eigenvalue weighted by Crippen LogP contribution is -2.30. The highest BCUT2D eigenvalue weighted by molar-refractivity contribution is 5.71. The minimum Gasteiger partial charge on any atom is -0.462 e. The molecule has 0 unspecified atom stereocenters. The Kier molecular flexibility index (Phi) is 47.6. The highest BCUT2D eigenvalue weighted by Crippen LogP contribution is 2.18. The van der Waals surface area contributed by atoms with Crippen molar-refractivity contribution in [2.24, 2.45) is 11.8 Å². The summed E-state index contributed by atoms with van der Waals surface area (Å²) in [4.78, 5) is 38.0. The molecule has 0 spiro atoms. The van der Waals surface area contributed by atoms with Crippen molar-refractivity contribution in [2.45, 2.75) is 317 Å². The van der Waals surface area contributed by atoms with Crippen LogP contribution in [0.1, 0.15) is 311 Å². The maximum atomic E-state index is 12.8. The molecule has 0 aliphatic heterocycles. The zero-order chi connectivity index (χ0) is 45.4. The largest absolute Gasteiger partial charge is 0.462 e. The molecular formula is C56H108O6. The molecule has 0 aliphatic carbocycles. The minimum atomic E-state index is -0.762. The molecule has 368 valence electrons. The second-order valence-corrected chi connectivity index (χ2v) is 20.2. The third kappa shape index (κ3) is 49.4. The number of unbranched alkanes of at least 4 members (excludes halogenated alkanes) is 35. The van der Waals surface area contributed by atoms with Gasteiger partial charge in [0.15, 0.2) is 6.10 Å². The van der Waals surface area contributed by atoms with Crippen LogP contribution in [-0.4, -0.2) is 37.2 Å². The van der Waals surface area contributed by atoms with Crippen LogP contribution in [0.2, 0.25) is 0 Å². The molecule has 0 amide bonds. The summed E-state index contributed by atoms with van der Waals surface area (Å²) in [5.74, 6) is 0.774. The van der Waals surface area contributed by atoms with Crippen LogP contribution >= 0.6 is 0 Å². The van der Waals surface area contributed by atoms with Crippen LogP contribution in [0.25, 0.3) is 0 Å². The van der Waals surface area contributed by atoms with Crippen molar-refractivity contribution in [3.63, 3.8) is 0 Å². The van der Waals surface area contributed by atoms with Crippen LogP contribution in [0.4, 0.5) is 0 Å². The molecule has 6 nitrogen and oxygen atoms in total. The molecule has 1 atom stereocenters. The van der Waals surface area contributed by atoms with E-state index in [-0.39, 0.29) is 31.1 Å². The fraction of sp³-hybridized carbons (Fsp3) is 0.946. The van der Waals surface area contributed by atoms with Gasteiger partial charge in [-0.15, -0.1) is 0 Å². The molecule has 0 saturated carbocycles. The number of ether oxygens (including phenoxy) is 3. The summed E-state index contributed by atoms with van der Waals surface area (Å²) in [6.07, 6.45) is 51.1. The Morgan fingerprint density at radius 1 is 0.306 bits per heavy atom. The summed E-state index contributed by atoms with van der Waals surface area (Å²) in [6, 6.07) is 0. The highest BCUT2D eigenvalue weighted by Gasteiger charge is 2.19. The maximum absolute atomic E-state index is 12.8. The Morgan fingerprint density at radius 2 is 0.532 bits per heavy atom. The topological polar surface area (TPSA) is 78.9 Å². The number of hydrogen-bond donors (Lipinski definition) is 0. The number of hydrogen-bond acceptors (Lipinski definition) is 6. The van der Waals surface area contributed by atoms with E-state index in [2.05, 4.69) is 34.6 Å². The first-order valence-corrected chi connectivity index (χ1v) is 27.7. The van der Waals surface area contributed by atoms with E-state index >= 15 is 0 Å². The number of rotatable bonds is 50. The van der Waals surface area contributed by atoms with Crippen LogP contribution in [-0.2, 0) is 28.6 Å². The van der Waals surface area contributed by atoms with Gasteiger partial charge in [0.1, 0.15) is 13.2 Å². The van der Waals surface area contributed by atoms with Gasteiger partial charge in [-0.1, -0.05) is 272 Å².